The van der Waals surface area contributed by atoms with Crippen LogP contribution in [0, 0.1) is 11.3 Å². The Hall–Kier alpha value is -1.03. The van der Waals surface area contributed by atoms with Gasteiger partial charge in [-0.2, -0.15) is 21.3 Å². The van der Waals surface area contributed by atoms with Crippen molar-refractivity contribution >= 4 is 21.8 Å². The number of nitrogens with zero attached hydrogens (tertiary/aromatic N) is 2. The first-order valence-corrected chi connectivity index (χ1v) is 9.09. The van der Waals surface area contributed by atoms with Gasteiger partial charge in [-0.25, -0.2) is 8.42 Å². The van der Waals surface area contributed by atoms with Gasteiger partial charge in [0.25, 0.3) is 0 Å². The molecule has 0 radical (unpaired) electrons. The van der Waals surface area contributed by atoms with E-state index in [9.17, 15) is 8.42 Å². The lowest BCUT2D eigenvalue weighted by molar-refractivity contribution is 0.382. The molecule has 0 aromatic heterocycles. The third-order valence-corrected chi connectivity index (χ3v) is 6.08. The van der Waals surface area contributed by atoms with Crippen molar-refractivity contribution in [2.75, 3.05) is 18.6 Å². The number of sulfonamides is 1. The highest BCUT2D eigenvalue weighted by Gasteiger charge is 2.24. The fraction of sp³-hybridized carbons (Fsp3) is 0.500. The molecule has 1 aromatic rings. The molecule has 0 bridgehead atoms. The van der Waals surface area contributed by atoms with Gasteiger partial charge in [0.05, 0.1) is 16.5 Å². The maximum Gasteiger partial charge on any atom is 0.243 e. The number of hydrogen-bond donors (Lipinski definition) is 0. The Bertz CT molecular complexity index is 562. The summed E-state index contributed by atoms with van der Waals surface area (Å²) in [6.07, 6.45) is 0.824. The molecule has 0 saturated carbocycles. The van der Waals surface area contributed by atoms with Crippen LogP contribution in [0.2, 0.25) is 0 Å². The van der Waals surface area contributed by atoms with Crippen LogP contribution in [0.1, 0.15) is 25.8 Å². The van der Waals surface area contributed by atoms with Gasteiger partial charge in [-0.1, -0.05) is 6.92 Å². The highest BCUT2D eigenvalue weighted by atomic mass is 32.2. The van der Waals surface area contributed by atoms with E-state index in [0.717, 1.165) is 17.9 Å². The monoisotopic (exact) mass is 312 g/mol. The summed E-state index contributed by atoms with van der Waals surface area (Å²) in [6, 6.07) is 7.95. The van der Waals surface area contributed by atoms with E-state index in [-0.39, 0.29) is 10.9 Å². The van der Waals surface area contributed by atoms with Crippen LogP contribution < -0.4 is 0 Å². The Morgan fingerprint density at radius 2 is 1.95 bits per heavy atom. The predicted molar refractivity (Wildman–Crippen MR) is 83.2 cm³/mol. The summed E-state index contributed by atoms with van der Waals surface area (Å²) in [6.45, 7) is 4.00. The van der Waals surface area contributed by atoms with Crippen molar-refractivity contribution < 1.29 is 8.42 Å². The fourth-order valence-corrected chi connectivity index (χ4v) is 3.87. The number of benzene rings is 1. The average molecular weight is 312 g/mol. The first kappa shape index (κ1) is 17.0. The van der Waals surface area contributed by atoms with E-state index in [1.165, 1.54) is 28.6 Å². The van der Waals surface area contributed by atoms with Crippen LogP contribution >= 0.6 is 11.8 Å². The van der Waals surface area contributed by atoms with Gasteiger partial charge in [0.15, 0.2) is 0 Å². The molecule has 20 heavy (non-hydrogen) atoms. The van der Waals surface area contributed by atoms with Crippen molar-refractivity contribution in [1.29, 1.82) is 5.26 Å². The van der Waals surface area contributed by atoms with Crippen molar-refractivity contribution in [1.82, 2.24) is 4.31 Å². The Labute approximate surface area is 125 Å². The number of thioether (sulfide) groups is 1. The molecule has 0 heterocycles. The fourth-order valence-electron chi connectivity index (χ4n) is 1.68. The molecule has 1 unspecified atom stereocenters. The highest BCUT2D eigenvalue weighted by Crippen LogP contribution is 2.19. The molecule has 6 heteroatoms. The van der Waals surface area contributed by atoms with Crippen molar-refractivity contribution in [2.45, 2.75) is 31.2 Å². The van der Waals surface area contributed by atoms with E-state index in [4.69, 9.17) is 5.26 Å². The molecule has 1 atom stereocenters. The Kier molecular flexibility index (Phi) is 6.53. The lowest BCUT2D eigenvalue weighted by Crippen LogP contribution is -2.35. The van der Waals surface area contributed by atoms with Gasteiger partial charge in [0.2, 0.25) is 10.0 Å². The molecular weight excluding hydrogens is 292 g/mol. The SMILES string of the molecule is CCSCCC(C)N(C)S(=O)(=O)c1ccc(C#N)cc1. The van der Waals surface area contributed by atoms with Crippen molar-refractivity contribution in [2.24, 2.45) is 0 Å². The minimum atomic E-state index is -3.49. The third-order valence-electron chi connectivity index (χ3n) is 3.17. The quantitative estimate of drug-likeness (QED) is 0.726. The molecule has 0 N–H and O–H groups in total. The van der Waals surface area contributed by atoms with Crippen molar-refractivity contribution in [3.05, 3.63) is 29.8 Å². The molecule has 0 amide bonds. The summed E-state index contributed by atoms with van der Waals surface area (Å²) >= 11 is 1.81. The van der Waals surface area contributed by atoms with Crippen LogP contribution in [0.15, 0.2) is 29.2 Å². The summed E-state index contributed by atoms with van der Waals surface area (Å²) in [5.74, 6) is 1.99. The van der Waals surface area contributed by atoms with Crippen LogP contribution in [0.5, 0.6) is 0 Å². The first-order chi connectivity index (χ1) is 9.43. The molecule has 0 aliphatic carbocycles. The van der Waals surface area contributed by atoms with Crippen LogP contribution in [0.3, 0.4) is 0 Å². The number of hydrogen-bond acceptors (Lipinski definition) is 4. The van der Waals surface area contributed by atoms with Gasteiger partial charge in [-0.05, 0) is 49.1 Å². The number of rotatable bonds is 7. The van der Waals surface area contributed by atoms with Gasteiger partial charge in [-0.15, -0.1) is 0 Å². The van der Waals surface area contributed by atoms with Crippen LogP contribution in [0.25, 0.3) is 0 Å². The molecule has 0 fully saturated rings. The lowest BCUT2D eigenvalue weighted by atomic mass is 10.2. The number of nitriles is 1. The Morgan fingerprint density at radius 1 is 1.35 bits per heavy atom. The minimum absolute atomic E-state index is 0.0466. The first-order valence-electron chi connectivity index (χ1n) is 6.49. The van der Waals surface area contributed by atoms with Crippen LogP contribution in [-0.2, 0) is 10.0 Å². The normalized spacial score (nSPS) is 13.2. The van der Waals surface area contributed by atoms with E-state index >= 15 is 0 Å². The lowest BCUT2D eigenvalue weighted by Gasteiger charge is -2.24. The van der Waals surface area contributed by atoms with Gasteiger partial charge in [-0.3, -0.25) is 0 Å². The Morgan fingerprint density at radius 3 is 2.45 bits per heavy atom. The van der Waals surface area contributed by atoms with E-state index in [1.54, 1.807) is 7.05 Å². The standard InChI is InChI=1S/C14H20N2O2S2/c1-4-19-10-9-12(2)16(3)20(17,18)14-7-5-13(11-15)6-8-14/h5-8,12H,4,9-10H2,1-3H3. The van der Waals surface area contributed by atoms with Crippen molar-refractivity contribution in [3.8, 4) is 6.07 Å². The Balaban J connectivity index is 2.83. The second-order valence-corrected chi connectivity index (χ2v) is 7.88. The van der Waals surface area contributed by atoms with Crippen molar-refractivity contribution in [3.63, 3.8) is 0 Å². The molecule has 0 spiro atoms. The van der Waals surface area contributed by atoms with E-state index in [1.807, 2.05) is 24.8 Å². The molecule has 0 aliphatic heterocycles. The molecular formula is C14H20N2O2S2. The van der Waals surface area contributed by atoms with Gasteiger partial charge < -0.3 is 0 Å². The van der Waals surface area contributed by atoms with Crippen LogP contribution in [0.4, 0.5) is 0 Å². The predicted octanol–water partition coefficient (Wildman–Crippen LogP) is 2.71. The van der Waals surface area contributed by atoms with Gasteiger partial charge >= 0.3 is 0 Å². The summed E-state index contributed by atoms with van der Waals surface area (Å²) < 4.78 is 26.3. The van der Waals surface area contributed by atoms with E-state index < -0.39 is 10.0 Å². The summed E-state index contributed by atoms with van der Waals surface area (Å²) in [4.78, 5) is 0.231. The van der Waals surface area contributed by atoms with Gasteiger partial charge in [0, 0.05) is 13.1 Å². The zero-order valence-corrected chi connectivity index (χ0v) is 13.7. The molecule has 4 nitrogen and oxygen atoms in total. The summed E-state index contributed by atoms with van der Waals surface area (Å²) in [5.41, 5.74) is 0.457. The van der Waals surface area contributed by atoms with Crippen LogP contribution in [-0.4, -0.2) is 37.3 Å². The maximum absolute atomic E-state index is 12.4. The molecule has 1 aromatic carbocycles. The van der Waals surface area contributed by atoms with E-state index in [0.29, 0.717) is 5.56 Å². The summed E-state index contributed by atoms with van der Waals surface area (Å²) in [5, 5.41) is 8.74. The topological polar surface area (TPSA) is 61.2 Å². The highest BCUT2D eigenvalue weighted by molar-refractivity contribution is 7.99. The van der Waals surface area contributed by atoms with Gasteiger partial charge in [0.1, 0.15) is 0 Å². The molecule has 0 saturated heterocycles. The zero-order chi connectivity index (χ0) is 15.2. The minimum Gasteiger partial charge on any atom is -0.207 e. The second kappa shape index (κ2) is 7.67. The van der Waals surface area contributed by atoms with E-state index in [2.05, 4.69) is 6.92 Å². The smallest absolute Gasteiger partial charge is 0.207 e. The third kappa shape index (κ3) is 4.23. The summed E-state index contributed by atoms with van der Waals surface area (Å²) in [7, 11) is -1.88. The molecule has 110 valence electrons. The molecule has 1 rings (SSSR count). The average Bonchev–Trinajstić information content (AvgIpc) is 2.46. The maximum atomic E-state index is 12.4. The molecule has 0 aliphatic rings. The second-order valence-electron chi connectivity index (χ2n) is 4.49. The largest absolute Gasteiger partial charge is 0.243 e. The zero-order valence-electron chi connectivity index (χ0n) is 12.0.